The highest BCUT2D eigenvalue weighted by atomic mass is 79.9. The molecule has 0 saturated heterocycles. The lowest BCUT2D eigenvalue weighted by Crippen LogP contribution is -2.62. The van der Waals surface area contributed by atoms with Gasteiger partial charge >= 0.3 is 36.2 Å². The van der Waals surface area contributed by atoms with E-state index >= 15 is 0 Å². The van der Waals surface area contributed by atoms with Crippen molar-refractivity contribution in [3.8, 4) is 0 Å². The van der Waals surface area contributed by atoms with Gasteiger partial charge in [0.05, 0.1) is 6.61 Å². The minimum Gasteiger partial charge on any atom is -0.461 e. The van der Waals surface area contributed by atoms with Crippen molar-refractivity contribution in [2.24, 2.45) is 5.92 Å². The average molecular weight is 544 g/mol. The molecule has 156 valence electrons. The molecule has 0 spiro atoms. The third-order valence-electron chi connectivity index (χ3n) is 2.50. The molecule has 1 atom stereocenters. The maximum atomic E-state index is 13.7. The third-order valence-corrected chi connectivity index (χ3v) is 4.34. The van der Waals surface area contributed by atoms with Crippen LogP contribution in [0.4, 0.5) is 48.3 Å². The fourth-order valence-electron chi connectivity index (χ4n) is 1.04. The zero-order valence-corrected chi connectivity index (χ0v) is 15.0. The number of hydrogen-bond acceptors (Lipinski definition) is 3. The standard InChI is InChI=1S/C10H7Br2F11O3/c11-1-4(2-12)3-25-5(24)6(13,8(16,17)18)26-10(22,23)7(14,15)9(19,20)21/h4H,1-3H2. The van der Waals surface area contributed by atoms with Crippen molar-refractivity contribution in [2.75, 3.05) is 17.3 Å². The normalized spacial score (nSPS) is 16.5. The molecule has 0 fully saturated rings. The van der Waals surface area contributed by atoms with E-state index in [0.29, 0.717) is 0 Å². The van der Waals surface area contributed by atoms with Crippen molar-refractivity contribution < 1.29 is 62.6 Å². The van der Waals surface area contributed by atoms with E-state index < -0.39 is 48.7 Å². The van der Waals surface area contributed by atoms with Crippen LogP contribution in [0.2, 0.25) is 0 Å². The lowest BCUT2D eigenvalue weighted by atomic mass is 10.2. The Bertz CT molecular complexity index is 490. The first-order valence-corrected chi connectivity index (χ1v) is 8.19. The molecular weight excluding hydrogens is 537 g/mol. The van der Waals surface area contributed by atoms with E-state index in [0.717, 1.165) is 0 Å². The first kappa shape index (κ1) is 25.6. The summed E-state index contributed by atoms with van der Waals surface area (Å²) in [6.07, 6.45) is -20.9. The summed E-state index contributed by atoms with van der Waals surface area (Å²) in [6, 6.07) is 0. The highest BCUT2D eigenvalue weighted by molar-refractivity contribution is 9.09. The lowest BCUT2D eigenvalue weighted by Gasteiger charge is -2.33. The molecule has 0 aliphatic heterocycles. The number of hydrogen-bond donors (Lipinski definition) is 0. The second-order valence-corrected chi connectivity index (χ2v) is 5.85. The first-order chi connectivity index (χ1) is 11.4. The van der Waals surface area contributed by atoms with E-state index in [1.165, 1.54) is 0 Å². The molecule has 16 heteroatoms. The van der Waals surface area contributed by atoms with Crippen LogP contribution < -0.4 is 0 Å². The van der Waals surface area contributed by atoms with Gasteiger partial charge in [-0.2, -0.15) is 48.3 Å². The largest absolute Gasteiger partial charge is 0.462 e. The second kappa shape index (κ2) is 8.32. The Morgan fingerprint density at radius 2 is 1.23 bits per heavy atom. The van der Waals surface area contributed by atoms with E-state index in [-0.39, 0.29) is 10.7 Å². The van der Waals surface area contributed by atoms with Crippen molar-refractivity contribution in [2.45, 2.75) is 30.2 Å². The lowest BCUT2D eigenvalue weighted by molar-refractivity contribution is -0.475. The van der Waals surface area contributed by atoms with Crippen LogP contribution in [0.25, 0.3) is 0 Å². The van der Waals surface area contributed by atoms with E-state index in [1.54, 1.807) is 0 Å². The molecule has 0 amide bonds. The number of carbonyl (C=O) groups is 1. The smallest absolute Gasteiger partial charge is 0.461 e. The maximum Gasteiger partial charge on any atom is 0.462 e. The SMILES string of the molecule is O=C(OCC(CBr)CBr)C(F)(OC(F)(F)C(F)(F)C(F)(F)F)C(F)(F)F. The van der Waals surface area contributed by atoms with Crippen LogP contribution in [0.3, 0.4) is 0 Å². The average Bonchev–Trinajstić information content (AvgIpc) is 2.44. The van der Waals surface area contributed by atoms with Gasteiger partial charge in [-0.3, -0.25) is 4.74 Å². The minimum absolute atomic E-state index is 0.0417. The molecule has 0 aliphatic rings. The molecule has 0 bridgehead atoms. The highest BCUT2D eigenvalue weighted by Gasteiger charge is 2.80. The minimum atomic E-state index is -7.24. The van der Waals surface area contributed by atoms with Crippen molar-refractivity contribution in [1.29, 1.82) is 0 Å². The molecular formula is C10H7Br2F11O3. The topological polar surface area (TPSA) is 35.5 Å². The van der Waals surface area contributed by atoms with Gasteiger partial charge in [-0.15, -0.1) is 0 Å². The predicted octanol–water partition coefficient (Wildman–Crippen LogP) is 4.97. The van der Waals surface area contributed by atoms with Crippen molar-refractivity contribution >= 4 is 37.8 Å². The molecule has 0 aromatic carbocycles. The van der Waals surface area contributed by atoms with Crippen molar-refractivity contribution in [1.82, 2.24) is 0 Å². The molecule has 3 nitrogen and oxygen atoms in total. The summed E-state index contributed by atoms with van der Waals surface area (Å²) in [5.41, 5.74) is 0. The molecule has 1 unspecified atom stereocenters. The number of halogens is 13. The van der Waals surface area contributed by atoms with Crippen LogP contribution in [0.1, 0.15) is 0 Å². The molecule has 0 radical (unpaired) electrons. The van der Waals surface area contributed by atoms with E-state index in [2.05, 4.69) is 36.6 Å². The van der Waals surface area contributed by atoms with Crippen LogP contribution in [-0.2, 0) is 14.3 Å². The van der Waals surface area contributed by atoms with Crippen LogP contribution in [0.5, 0.6) is 0 Å². The van der Waals surface area contributed by atoms with E-state index in [4.69, 9.17) is 0 Å². The summed E-state index contributed by atoms with van der Waals surface area (Å²) in [4.78, 5) is 11.2. The molecule has 0 rings (SSSR count). The second-order valence-electron chi connectivity index (χ2n) is 4.56. The number of carbonyl (C=O) groups excluding carboxylic acids is 1. The van der Waals surface area contributed by atoms with Crippen LogP contribution in [-0.4, -0.2) is 53.5 Å². The first-order valence-electron chi connectivity index (χ1n) is 5.94. The van der Waals surface area contributed by atoms with Gasteiger partial charge in [0, 0.05) is 16.6 Å². The Kier molecular flexibility index (Phi) is 8.20. The van der Waals surface area contributed by atoms with Gasteiger partial charge in [0.1, 0.15) is 0 Å². The fourth-order valence-corrected chi connectivity index (χ4v) is 2.48. The summed E-state index contributed by atoms with van der Waals surface area (Å²) < 4.78 is 144. The zero-order valence-electron chi connectivity index (χ0n) is 11.8. The molecule has 26 heavy (non-hydrogen) atoms. The summed E-state index contributed by atoms with van der Waals surface area (Å²) >= 11 is 5.60. The monoisotopic (exact) mass is 542 g/mol. The number of rotatable bonds is 8. The van der Waals surface area contributed by atoms with E-state index in [1.807, 2.05) is 4.74 Å². The van der Waals surface area contributed by atoms with Crippen LogP contribution in [0, 0.1) is 5.92 Å². The number of alkyl halides is 13. The van der Waals surface area contributed by atoms with Gasteiger partial charge in [0.15, 0.2) is 0 Å². The number of ether oxygens (including phenoxy) is 2. The van der Waals surface area contributed by atoms with Gasteiger partial charge < -0.3 is 4.74 Å². The maximum absolute atomic E-state index is 13.7. The highest BCUT2D eigenvalue weighted by Crippen LogP contribution is 2.51. The Balaban J connectivity index is 5.73. The summed E-state index contributed by atoms with van der Waals surface area (Å²) in [7, 11) is 0. The Hall–Kier alpha value is -0.380. The number of esters is 1. The quantitative estimate of drug-likeness (QED) is 0.246. The van der Waals surface area contributed by atoms with E-state index in [9.17, 15) is 53.1 Å². The van der Waals surface area contributed by atoms with Gasteiger partial charge in [0.2, 0.25) is 0 Å². The molecule has 0 saturated carbocycles. The molecule has 0 aromatic rings. The molecule has 0 heterocycles. The summed E-state index contributed by atoms with van der Waals surface area (Å²) in [5, 5.41) is -0.0833. The predicted molar refractivity (Wildman–Crippen MR) is 69.0 cm³/mol. The van der Waals surface area contributed by atoms with Crippen molar-refractivity contribution in [3.63, 3.8) is 0 Å². The molecule has 0 aromatic heterocycles. The van der Waals surface area contributed by atoms with Crippen LogP contribution in [0.15, 0.2) is 0 Å². The zero-order chi connectivity index (χ0) is 21.2. The van der Waals surface area contributed by atoms with Crippen molar-refractivity contribution in [3.05, 3.63) is 0 Å². The van der Waals surface area contributed by atoms with Gasteiger partial charge in [-0.25, -0.2) is 4.79 Å². The Labute approximate surface area is 154 Å². The van der Waals surface area contributed by atoms with Gasteiger partial charge in [0.25, 0.3) is 0 Å². The molecule has 0 aliphatic carbocycles. The molecule has 0 N–H and O–H groups in total. The van der Waals surface area contributed by atoms with Gasteiger partial charge in [-0.05, 0) is 0 Å². The van der Waals surface area contributed by atoms with Gasteiger partial charge in [-0.1, -0.05) is 31.9 Å². The Morgan fingerprint density at radius 3 is 1.54 bits per heavy atom. The summed E-state index contributed by atoms with van der Waals surface area (Å²) in [5.74, 6) is -17.6. The summed E-state index contributed by atoms with van der Waals surface area (Å²) in [6.45, 7) is -1.03. The van der Waals surface area contributed by atoms with Crippen LogP contribution >= 0.6 is 31.9 Å². The third kappa shape index (κ3) is 5.33. The Morgan fingerprint density at radius 1 is 0.808 bits per heavy atom. The fraction of sp³-hybridized carbons (Fsp3) is 0.900.